The second-order valence-corrected chi connectivity index (χ2v) is 8.95. The number of hydrogen-bond donors (Lipinski definition) is 2. The number of benzene rings is 1. The van der Waals surface area contributed by atoms with Gasteiger partial charge >= 0.3 is 6.03 Å². The van der Waals surface area contributed by atoms with E-state index in [0.717, 1.165) is 12.5 Å². The van der Waals surface area contributed by atoms with Crippen LogP contribution in [0.1, 0.15) is 39.2 Å². The van der Waals surface area contributed by atoms with Crippen molar-refractivity contribution in [3.63, 3.8) is 0 Å². The number of piperazine rings is 1. The van der Waals surface area contributed by atoms with Crippen LogP contribution in [0.5, 0.6) is 0 Å². The Hall–Kier alpha value is -2.29. The van der Waals surface area contributed by atoms with Crippen molar-refractivity contribution in [2.24, 2.45) is 5.73 Å². The van der Waals surface area contributed by atoms with Crippen LogP contribution in [-0.2, 0) is 11.2 Å². The van der Waals surface area contributed by atoms with Crippen LogP contribution in [0.15, 0.2) is 12.1 Å². The van der Waals surface area contributed by atoms with Crippen LogP contribution in [-0.4, -0.2) is 58.5 Å². The lowest BCUT2D eigenvalue weighted by Gasteiger charge is -2.36. The van der Waals surface area contributed by atoms with Gasteiger partial charge in [-0.05, 0) is 45.2 Å². The number of urea groups is 1. The van der Waals surface area contributed by atoms with E-state index in [1.807, 2.05) is 20.8 Å². The summed E-state index contributed by atoms with van der Waals surface area (Å²) in [7, 11) is 0. The van der Waals surface area contributed by atoms with Gasteiger partial charge in [-0.1, -0.05) is 0 Å². The van der Waals surface area contributed by atoms with Gasteiger partial charge in [-0.3, -0.25) is 4.79 Å². The summed E-state index contributed by atoms with van der Waals surface area (Å²) in [4.78, 5) is 28.5. The topological polar surface area (TPSA) is 78.7 Å². The number of likely N-dealkylation sites (tertiary alicyclic amines) is 2. The maximum atomic E-state index is 13.8. The third-order valence-corrected chi connectivity index (χ3v) is 5.31. The van der Waals surface area contributed by atoms with E-state index in [4.69, 9.17) is 5.73 Å². The van der Waals surface area contributed by atoms with E-state index in [0.29, 0.717) is 19.2 Å². The Bertz CT molecular complexity index is 812. The summed E-state index contributed by atoms with van der Waals surface area (Å²) < 4.78 is 40.2. The van der Waals surface area contributed by atoms with Crippen molar-refractivity contribution in [2.75, 3.05) is 13.1 Å². The van der Waals surface area contributed by atoms with Gasteiger partial charge in [0, 0.05) is 37.2 Å². The van der Waals surface area contributed by atoms with Crippen molar-refractivity contribution < 1.29 is 22.8 Å². The minimum Gasteiger partial charge on any atom is -0.336 e. The number of carbonyl (C=O) groups excluding carboxylic acids is 2. The molecule has 160 valence electrons. The van der Waals surface area contributed by atoms with Crippen LogP contribution in [0.3, 0.4) is 0 Å². The molecule has 0 spiro atoms. The number of rotatable bonds is 4. The summed E-state index contributed by atoms with van der Waals surface area (Å²) in [5.74, 6) is -3.47. The van der Waals surface area contributed by atoms with Gasteiger partial charge in [-0.2, -0.15) is 0 Å². The van der Waals surface area contributed by atoms with Crippen LogP contribution in [0.25, 0.3) is 0 Å². The highest BCUT2D eigenvalue weighted by Crippen LogP contribution is 2.31. The molecule has 1 aromatic rings. The molecule has 2 bridgehead atoms. The first kappa shape index (κ1) is 21.4. The molecule has 3 rings (SSSR count). The molecule has 6 nitrogen and oxygen atoms in total. The number of carbonyl (C=O) groups is 2. The largest absolute Gasteiger partial charge is 0.336 e. The predicted molar refractivity (Wildman–Crippen MR) is 102 cm³/mol. The fraction of sp³-hybridized carbons (Fsp3) is 0.600. The van der Waals surface area contributed by atoms with Crippen LogP contribution in [0.4, 0.5) is 18.0 Å². The van der Waals surface area contributed by atoms with E-state index in [2.05, 4.69) is 5.32 Å². The van der Waals surface area contributed by atoms with Gasteiger partial charge in [0.1, 0.15) is 5.82 Å². The van der Waals surface area contributed by atoms with Crippen LogP contribution in [0, 0.1) is 17.5 Å². The van der Waals surface area contributed by atoms with Crippen molar-refractivity contribution >= 4 is 11.9 Å². The van der Waals surface area contributed by atoms with Crippen molar-refractivity contribution in [1.82, 2.24) is 15.1 Å². The van der Waals surface area contributed by atoms with Gasteiger partial charge in [-0.15, -0.1) is 0 Å². The summed E-state index contributed by atoms with van der Waals surface area (Å²) in [6.45, 7) is 6.63. The summed E-state index contributed by atoms with van der Waals surface area (Å²) in [5, 5.41) is 2.93. The zero-order valence-corrected chi connectivity index (χ0v) is 16.8. The molecule has 2 heterocycles. The number of nitrogens with one attached hydrogen (secondary N) is 1. The van der Waals surface area contributed by atoms with E-state index in [9.17, 15) is 22.8 Å². The molecule has 0 aliphatic carbocycles. The van der Waals surface area contributed by atoms with Gasteiger partial charge < -0.3 is 20.9 Å². The number of fused-ring (bicyclic) bond motifs is 2. The molecule has 2 saturated heterocycles. The van der Waals surface area contributed by atoms with E-state index < -0.39 is 23.5 Å². The van der Waals surface area contributed by atoms with Gasteiger partial charge in [0.05, 0.1) is 12.1 Å². The molecule has 0 aromatic heterocycles. The SMILES string of the molecule is CC(C)(C)NC(=O)N1C[C@@H]2C[C@H]1CN2C(=O)C[C@H](N)Cc1cc(F)c(F)cc1F. The van der Waals surface area contributed by atoms with Gasteiger partial charge in [0.2, 0.25) is 5.91 Å². The maximum Gasteiger partial charge on any atom is 0.318 e. The van der Waals surface area contributed by atoms with Crippen molar-refractivity contribution in [2.45, 2.75) is 63.7 Å². The molecule has 2 aliphatic rings. The van der Waals surface area contributed by atoms with Crippen LogP contribution < -0.4 is 11.1 Å². The third kappa shape index (κ3) is 4.83. The molecule has 2 fully saturated rings. The first-order valence-electron chi connectivity index (χ1n) is 9.72. The highest BCUT2D eigenvalue weighted by molar-refractivity contribution is 5.80. The number of hydrogen-bond acceptors (Lipinski definition) is 3. The number of amides is 3. The van der Waals surface area contributed by atoms with E-state index in [-0.39, 0.29) is 48.0 Å². The summed E-state index contributed by atoms with van der Waals surface area (Å²) in [5.41, 5.74) is 5.57. The Balaban J connectivity index is 1.54. The predicted octanol–water partition coefficient (Wildman–Crippen LogP) is 2.16. The Morgan fingerprint density at radius 1 is 1.10 bits per heavy atom. The Morgan fingerprint density at radius 2 is 1.69 bits per heavy atom. The fourth-order valence-corrected chi connectivity index (χ4v) is 4.03. The Labute approximate surface area is 168 Å². The fourth-order valence-electron chi connectivity index (χ4n) is 4.03. The molecule has 3 amide bonds. The second kappa shape index (κ2) is 7.85. The molecule has 3 N–H and O–H groups in total. The smallest absolute Gasteiger partial charge is 0.318 e. The van der Waals surface area contributed by atoms with Gasteiger partial charge in [0.15, 0.2) is 11.6 Å². The summed E-state index contributed by atoms with van der Waals surface area (Å²) in [6.07, 6.45) is 0.614. The average Bonchev–Trinajstić information content (AvgIpc) is 3.18. The maximum absolute atomic E-state index is 13.8. The minimum atomic E-state index is -1.26. The standard InChI is InChI=1S/C20H27F3N4O2/c1-20(2,3)25-19(29)27-10-13-7-14(27)9-26(13)18(28)6-12(24)4-11-5-16(22)17(23)8-15(11)21/h5,8,12-14H,4,6-7,9-10,24H2,1-3H3,(H,25,29)/t12-,13+,14+/m1/s1. The molecule has 1 aromatic carbocycles. The Kier molecular flexibility index (Phi) is 5.80. The zero-order valence-electron chi connectivity index (χ0n) is 16.8. The first-order chi connectivity index (χ1) is 13.4. The van der Waals surface area contributed by atoms with Gasteiger partial charge in [-0.25, -0.2) is 18.0 Å². The molecular formula is C20H27F3N4O2. The third-order valence-electron chi connectivity index (χ3n) is 5.31. The second-order valence-electron chi connectivity index (χ2n) is 8.95. The van der Waals surface area contributed by atoms with Crippen LogP contribution >= 0.6 is 0 Å². The minimum absolute atomic E-state index is 0.0319. The lowest BCUT2D eigenvalue weighted by molar-refractivity contribution is -0.133. The monoisotopic (exact) mass is 412 g/mol. The van der Waals surface area contributed by atoms with Gasteiger partial charge in [0.25, 0.3) is 0 Å². The van der Waals surface area contributed by atoms with Crippen LogP contribution in [0.2, 0.25) is 0 Å². The molecule has 29 heavy (non-hydrogen) atoms. The molecular weight excluding hydrogens is 385 g/mol. The lowest BCUT2D eigenvalue weighted by Crippen LogP contribution is -2.56. The molecule has 3 atom stereocenters. The molecule has 9 heteroatoms. The zero-order chi connectivity index (χ0) is 21.5. The van der Waals surface area contributed by atoms with E-state index in [1.54, 1.807) is 9.80 Å². The molecule has 0 unspecified atom stereocenters. The highest BCUT2D eigenvalue weighted by Gasteiger charge is 2.47. The first-order valence-corrected chi connectivity index (χ1v) is 9.72. The number of nitrogens with zero attached hydrogens (tertiary/aromatic N) is 2. The Morgan fingerprint density at radius 3 is 2.28 bits per heavy atom. The van der Waals surface area contributed by atoms with E-state index in [1.165, 1.54) is 0 Å². The molecule has 0 saturated carbocycles. The van der Waals surface area contributed by atoms with E-state index >= 15 is 0 Å². The van der Waals surface area contributed by atoms with Crippen molar-refractivity contribution in [3.8, 4) is 0 Å². The summed E-state index contributed by atoms with van der Waals surface area (Å²) in [6, 6.07) is 0.300. The average molecular weight is 412 g/mol. The number of halogens is 3. The van der Waals surface area contributed by atoms with Crippen molar-refractivity contribution in [3.05, 3.63) is 35.1 Å². The molecule has 2 aliphatic heterocycles. The highest BCUT2D eigenvalue weighted by atomic mass is 19.2. The number of nitrogens with two attached hydrogens (primary N) is 1. The summed E-state index contributed by atoms with van der Waals surface area (Å²) >= 11 is 0. The molecule has 0 radical (unpaired) electrons. The lowest BCUT2D eigenvalue weighted by atomic mass is 10.0. The van der Waals surface area contributed by atoms with Crippen molar-refractivity contribution in [1.29, 1.82) is 0 Å². The normalized spacial score (nSPS) is 22.2. The quantitative estimate of drug-likeness (QED) is 0.744.